The van der Waals surface area contributed by atoms with Gasteiger partial charge in [-0.05, 0) is 19.8 Å². The van der Waals surface area contributed by atoms with Crippen molar-refractivity contribution < 1.29 is 9.13 Å². The molecule has 0 aromatic heterocycles. The zero-order valence-electron chi connectivity index (χ0n) is 6.80. The molecule has 60 valence electrons. The SMILES string of the molecule is CC1OC(C)C(CF)C1C. The van der Waals surface area contributed by atoms with Crippen LogP contribution in [0.25, 0.3) is 0 Å². The molecule has 0 N–H and O–H groups in total. The number of ether oxygens (including phenoxy) is 1. The molecular formula is C8H15FO. The van der Waals surface area contributed by atoms with Crippen molar-refractivity contribution >= 4 is 0 Å². The quantitative estimate of drug-likeness (QED) is 0.550. The first-order valence-electron chi connectivity index (χ1n) is 3.88. The topological polar surface area (TPSA) is 9.23 Å². The average molecular weight is 146 g/mol. The lowest BCUT2D eigenvalue weighted by Crippen LogP contribution is -2.18. The molecule has 4 atom stereocenters. The molecule has 1 aliphatic rings. The molecule has 1 nitrogen and oxygen atoms in total. The van der Waals surface area contributed by atoms with Crippen LogP contribution in [0.1, 0.15) is 20.8 Å². The third kappa shape index (κ3) is 1.17. The number of hydrogen-bond donors (Lipinski definition) is 0. The van der Waals surface area contributed by atoms with E-state index in [9.17, 15) is 4.39 Å². The summed E-state index contributed by atoms with van der Waals surface area (Å²) in [5.74, 6) is 0.495. The van der Waals surface area contributed by atoms with E-state index in [1.165, 1.54) is 0 Å². The lowest BCUT2D eigenvalue weighted by molar-refractivity contribution is 0.0490. The predicted molar refractivity (Wildman–Crippen MR) is 38.6 cm³/mol. The maximum atomic E-state index is 12.3. The van der Waals surface area contributed by atoms with Crippen LogP contribution in [0.4, 0.5) is 4.39 Å². The average Bonchev–Trinajstić information content (AvgIpc) is 2.09. The van der Waals surface area contributed by atoms with Gasteiger partial charge >= 0.3 is 0 Å². The molecule has 1 rings (SSSR count). The Hall–Kier alpha value is -0.110. The highest BCUT2D eigenvalue weighted by Crippen LogP contribution is 2.31. The zero-order chi connectivity index (χ0) is 7.72. The Labute approximate surface area is 61.6 Å². The summed E-state index contributed by atoms with van der Waals surface area (Å²) in [6, 6.07) is 0. The maximum absolute atomic E-state index is 12.3. The van der Waals surface area contributed by atoms with Gasteiger partial charge in [-0.25, -0.2) is 0 Å². The second-order valence-corrected chi connectivity index (χ2v) is 3.22. The van der Waals surface area contributed by atoms with Crippen LogP contribution in [0.3, 0.4) is 0 Å². The van der Waals surface area contributed by atoms with Gasteiger partial charge in [-0.2, -0.15) is 0 Å². The van der Waals surface area contributed by atoms with Crippen LogP contribution in [-0.2, 0) is 4.74 Å². The van der Waals surface area contributed by atoms with E-state index in [4.69, 9.17) is 4.74 Å². The predicted octanol–water partition coefficient (Wildman–Crippen LogP) is 2.02. The van der Waals surface area contributed by atoms with E-state index in [-0.39, 0.29) is 24.8 Å². The molecular weight excluding hydrogens is 131 g/mol. The smallest absolute Gasteiger partial charge is 0.0950 e. The first-order valence-corrected chi connectivity index (χ1v) is 3.88. The van der Waals surface area contributed by atoms with Crippen LogP contribution in [0.5, 0.6) is 0 Å². The molecule has 10 heavy (non-hydrogen) atoms. The second-order valence-electron chi connectivity index (χ2n) is 3.22. The minimum atomic E-state index is -0.243. The fourth-order valence-corrected chi connectivity index (χ4v) is 1.61. The van der Waals surface area contributed by atoms with Crippen molar-refractivity contribution in [2.24, 2.45) is 11.8 Å². The Bertz CT molecular complexity index is 116. The minimum absolute atomic E-state index is 0.106. The number of rotatable bonds is 1. The van der Waals surface area contributed by atoms with Crippen LogP contribution < -0.4 is 0 Å². The van der Waals surface area contributed by atoms with Gasteiger partial charge in [0.2, 0.25) is 0 Å². The molecule has 0 aromatic carbocycles. The van der Waals surface area contributed by atoms with Crippen LogP contribution in [-0.4, -0.2) is 18.9 Å². The van der Waals surface area contributed by atoms with E-state index in [1.54, 1.807) is 0 Å². The Balaban J connectivity index is 2.55. The summed E-state index contributed by atoms with van der Waals surface area (Å²) in [7, 11) is 0. The summed E-state index contributed by atoms with van der Waals surface area (Å²) < 4.78 is 17.7. The molecule has 0 aliphatic carbocycles. The standard InChI is InChI=1S/C8H15FO/c1-5-6(2)10-7(3)8(5)4-9/h5-8H,4H2,1-3H3. The van der Waals surface area contributed by atoms with Crippen LogP contribution in [0.15, 0.2) is 0 Å². The van der Waals surface area contributed by atoms with E-state index in [0.717, 1.165) is 0 Å². The molecule has 1 aliphatic heterocycles. The summed E-state index contributed by atoms with van der Waals surface area (Å²) >= 11 is 0. The van der Waals surface area contributed by atoms with Gasteiger partial charge in [0.25, 0.3) is 0 Å². The van der Waals surface area contributed by atoms with Gasteiger partial charge in [0.05, 0.1) is 18.9 Å². The first kappa shape index (κ1) is 7.99. The fourth-order valence-electron chi connectivity index (χ4n) is 1.61. The van der Waals surface area contributed by atoms with E-state index < -0.39 is 0 Å². The van der Waals surface area contributed by atoms with Crippen molar-refractivity contribution in [3.05, 3.63) is 0 Å². The van der Waals surface area contributed by atoms with Gasteiger partial charge in [-0.1, -0.05) is 6.92 Å². The van der Waals surface area contributed by atoms with Gasteiger partial charge < -0.3 is 4.74 Å². The molecule has 0 saturated carbocycles. The Morgan fingerprint density at radius 3 is 2.00 bits per heavy atom. The Morgan fingerprint density at radius 2 is 1.80 bits per heavy atom. The molecule has 0 spiro atoms. The van der Waals surface area contributed by atoms with E-state index in [2.05, 4.69) is 6.92 Å². The highest BCUT2D eigenvalue weighted by Gasteiger charge is 2.36. The van der Waals surface area contributed by atoms with Crippen molar-refractivity contribution in [1.29, 1.82) is 0 Å². The lowest BCUT2D eigenvalue weighted by atomic mass is 9.91. The Morgan fingerprint density at radius 1 is 1.20 bits per heavy atom. The molecule has 0 bridgehead atoms. The van der Waals surface area contributed by atoms with Crippen molar-refractivity contribution in [2.75, 3.05) is 6.67 Å². The maximum Gasteiger partial charge on any atom is 0.0950 e. The molecule has 1 fully saturated rings. The fraction of sp³-hybridized carbons (Fsp3) is 1.00. The molecule has 0 aromatic rings. The summed E-state index contributed by atoms with van der Waals surface area (Å²) in [5, 5.41) is 0. The second kappa shape index (κ2) is 2.87. The summed E-state index contributed by atoms with van der Waals surface area (Å²) in [4.78, 5) is 0. The number of halogens is 1. The van der Waals surface area contributed by atoms with Gasteiger partial charge in [0.1, 0.15) is 0 Å². The van der Waals surface area contributed by atoms with E-state index >= 15 is 0 Å². The third-order valence-electron chi connectivity index (χ3n) is 2.63. The van der Waals surface area contributed by atoms with Gasteiger partial charge in [0.15, 0.2) is 0 Å². The molecule has 0 radical (unpaired) electrons. The highest BCUT2D eigenvalue weighted by molar-refractivity contribution is 4.82. The molecule has 4 unspecified atom stereocenters. The number of hydrogen-bond acceptors (Lipinski definition) is 1. The van der Waals surface area contributed by atoms with E-state index in [1.807, 2.05) is 13.8 Å². The monoisotopic (exact) mass is 146 g/mol. The molecule has 1 saturated heterocycles. The van der Waals surface area contributed by atoms with Gasteiger partial charge in [-0.15, -0.1) is 0 Å². The van der Waals surface area contributed by atoms with Crippen molar-refractivity contribution in [1.82, 2.24) is 0 Å². The van der Waals surface area contributed by atoms with Crippen LogP contribution in [0, 0.1) is 11.8 Å². The van der Waals surface area contributed by atoms with Crippen molar-refractivity contribution in [3.8, 4) is 0 Å². The largest absolute Gasteiger partial charge is 0.375 e. The van der Waals surface area contributed by atoms with Crippen molar-refractivity contribution in [2.45, 2.75) is 33.0 Å². The molecule has 1 heterocycles. The number of alkyl halides is 1. The van der Waals surface area contributed by atoms with Crippen LogP contribution >= 0.6 is 0 Å². The Kier molecular flexibility index (Phi) is 2.29. The first-order chi connectivity index (χ1) is 4.66. The lowest BCUT2D eigenvalue weighted by Gasteiger charge is -2.12. The van der Waals surface area contributed by atoms with E-state index in [0.29, 0.717) is 5.92 Å². The van der Waals surface area contributed by atoms with Crippen LogP contribution in [0.2, 0.25) is 0 Å². The third-order valence-corrected chi connectivity index (χ3v) is 2.63. The highest BCUT2D eigenvalue weighted by atomic mass is 19.1. The molecule has 0 amide bonds. The minimum Gasteiger partial charge on any atom is -0.375 e. The zero-order valence-corrected chi connectivity index (χ0v) is 6.80. The van der Waals surface area contributed by atoms with Gasteiger partial charge in [0, 0.05) is 5.92 Å². The summed E-state index contributed by atoms with van der Waals surface area (Å²) in [6.45, 7) is 5.77. The summed E-state index contributed by atoms with van der Waals surface area (Å²) in [6.07, 6.45) is 0.339. The summed E-state index contributed by atoms with van der Waals surface area (Å²) in [5.41, 5.74) is 0. The normalized spacial score (nSPS) is 48.0. The van der Waals surface area contributed by atoms with Crippen molar-refractivity contribution in [3.63, 3.8) is 0 Å². The molecule has 2 heteroatoms. The van der Waals surface area contributed by atoms with Gasteiger partial charge in [-0.3, -0.25) is 4.39 Å².